The summed E-state index contributed by atoms with van der Waals surface area (Å²) in [4.78, 5) is 2.45. The van der Waals surface area contributed by atoms with Crippen molar-refractivity contribution in [3.63, 3.8) is 0 Å². The third-order valence-electron chi connectivity index (χ3n) is 3.12. The lowest BCUT2D eigenvalue weighted by molar-refractivity contribution is 0.232. The highest BCUT2D eigenvalue weighted by molar-refractivity contribution is 5.16. The lowest BCUT2D eigenvalue weighted by Crippen LogP contribution is -2.31. The quantitative estimate of drug-likeness (QED) is 0.808. The van der Waals surface area contributed by atoms with Gasteiger partial charge in [-0.2, -0.15) is 0 Å². The van der Waals surface area contributed by atoms with E-state index in [-0.39, 0.29) is 6.10 Å². The maximum Gasteiger partial charge on any atom is 0.0695 e. The topological polar surface area (TPSA) is 23.5 Å². The van der Waals surface area contributed by atoms with E-state index in [0.717, 1.165) is 26.1 Å². The van der Waals surface area contributed by atoms with Gasteiger partial charge in [0.25, 0.3) is 0 Å². The van der Waals surface area contributed by atoms with Gasteiger partial charge in [0.2, 0.25) is 0 Å². The highest BCUT2D eigenvalue weighted by Gasteiger charge is 2.14. The van der Waals surface area contributed by atoms with Crippen LogP contribution in [0.2, 0.25) is 0 Å². The Bertz CT molecular complexity index is 370. The molecule has 2 heteroatoms. The van der Waals surface area contributed by atoms with Crippen molar-refractivity contribution in [2.24, 2.45) is 0 Å². The van der Waals surface area contributed by atoms with Crippen LogP contribution in [-0.4, -0.2) is 29.2 Å². The van der Waals surface area contributed by atoms with E-state index < -0.39 is 0 Å². The summed E-state index contributed by atoms with van der Waals surface area (Å²) in [5.41, 5.74) is 2.74. The number of rotatable bonds is 3. The van der Waals surface area contributed by atoms with Gasteiger partial charge >= 0.3 is 0 Å². The Balaban J connectivity index is 1.94. The minimum Gasteiger partial charge on any atom is -0.389 e. The zero-order valence-electron chi connectivity index (χ0n) is 10.5. The average molecular weight is 231 g/mol. The maximum atomic E-state index is 9.39. The average Bonchev–Trinajstić information content (AvgIpc) is 2.30. The first-order valence-electron chi connectivity index (χ1n) is 6.38. The lowest BCUT2D eigenvalue weighted by atomic mass is 10.0. The summed E-state index contributed by atoms with van der Waals surface area (Å²) in [7, 11) is 0. The smallest absolute Gasteiger partial charge is 0.0695 e. The van der Waals surface area contributed by atoms with Gasteiger partial charge in [0, 0.05) is 13.1 Å². The second kappa shape index (κ2) is 5.99. The summed E-state index contributed by atoms with van der Waals surface area (Å²) < 4.78 is 0. The van der Waals surface area contributed by atoms with Gasteiger partial charge < -0.3 is 5.11 Å². The summed E-state index contributed by atoms with van der Waals surface area (Å²) in [5, 5.41) is 9.39. The number of piperidine rings is 1. The van der Waals surface area contributed by atoms with Gasteiger partial charge in [0.15, 0.2) is 0 Å². The summed E-state index contributed by atoms with van der Waals surface area (Å²) in [5.74, 6) is 0. The lowest BCUT2D eigenvalue weighted by Gasteiger charge is -2.29. The Kier molecular flexibility index (Phi) is 4.35. The number of hydrogen-bond donors (Lipinski definition) is 1. The van der Waals surface area contributed by atoms with Crippen molar-refractivity contribution in [1.29, 1.82) is 0 Å². The molecule has 1 saturated heterocycles. The molecule has 0 saturated carbocycles. The molecule has 1 aliphatic heterocycles. The molecule has 0 aromatic heterocycles. The van der Waals surface area contributed by atoms with Gasteiger partial charge in [-0.3, -0.25) is 4.90 Å². The Labute approximate surface area is 104 Å². The third kappa shape index (κ3) is 3.99. The second-order valence-corrected chi connectivity index (χ2v) is 4.87. The number of likely N-dealkylation sites (tertiary alicyclic amines) is 1. The van der Waals surface area contributed by atoms with E-state index in [1.54, 1.807) is 0 Å². The van der Waals surface area contributed by atoms with Crippen LogP contribution in [0.1, 0.15) is 25.3 Å². The minimum absolute atomic E-state index is 0.318. The Morgan fingerprint density at radius 1 is 1.35 bits per heavy atom. The molecule has 2 nitrogen and oxygen atoms in total. The first kappa shape index (κ1) is 12.3. The van der Waals surface area contributed by atoms with Crippen LogP contribution in [0, 0.1) is 0 Å². The molecule has 1 aromatic carbocycles. The van der Waals surface area contributed by atoms with E-state index in [1.807, 2.05) is 13.0 Å². The second-order valence-electron chi connectivity index (χ2n) is 4.87. The van der Waals surface area contributed by atoms with Gasteiger partial charge in [-0.25, -0.2) is 0 Å². The van der Waals surface area contributed by atoms with Gasteiger partial charge in [-0.05, 0) is 31.9 Å². The fourth-order valence-corrected chi connectivity index (χ4v) is 2.43. The molecule has 1 N–H and O–H groups in total. The van der Waals surface area contributed by atoms with Crippen molar-refractivity contribution in [3.8, 4) is 0 Å². The van der Waals surface area contributed by atoms with Crippen LogP contribution in [0.3, 0.4) is 0 Å². The molecule has 1 aromatic rings. The van der Waals surface area contributed by atoms with E-state index in [1.165, 1.54) is 17.6 Å². The van der Waals surface area contributed by atoms with Gasteiger partial charge in [0.1, 0.15) is 0 Å². The fourth-order valence-electron chi connectivity index (χ4n) is 2.43. The van der Waals surface area contributed by atoms with Crippen molar-refractivity contribution in [1.82, 2.24) is 4.90 Å². The van der Waals surface area contributed by atoms with Crippen LogP contribution in [0.4, 0.5) is 0 Å². The molecule has 1 heterocycles. The number of hydrogen-bond acceptors (Lipinski definition) is 2. The molecule has 0 spiro atoms. The van der Waals surface area contributed by atoms with Crippen molar-refractivity contribution >= 4 is 0 Å². The molecular formula is C15H21NO. The van der Waals surface area contributed by atoms with E-state index in [2.05, 4.69) is 35.2 Å². The number of nitrogens with zero attached hydrogens (tertiary/aromatic N) is 1. The number of aliphatic hydroxyl groups is 1. The summed E-state index contributed by atoms with van der Waals surface area (Å²) in [6, 6.07) is 10.6. The fraction of sp³-hybridized carbons (Fsp3) is 0.467. The molecule has 92 valence electrons. The molecule has 0 amide bonds. The zero-order chi connectivity index (χ0) is 12.1. The highest BCUT2D eigenvalue weighted by Crippen LogP contribution is 2.18. The standard InChI is InChI=1S/C15H21NO/c1-13(17)10-15-8-5-9-16(12-15)11-14-6-3-2-4-7-14/h2-4,6-7,10,13,17H,5,8-9,11-12H2,1H3/b15-10-. The van der Waals surface area contributed by atoms with Crippen molar-refractivity contribution in [2.75, 3.05) is 13.1 Å². The largest absolute Gasteiger partial charge is 0.389 e. The summed E-state index contributed by atoms with van der Waals surface area (Å²) >= 11 is 0. The molecule has 1 unspecified atom stereocenters. The Morgan fingerprint density at radius 3 is 2.82 bits per heavy atom. The van der Waals surface area contributed by atoms with Crippen LogP contribution in [0.5, 0.6) is 0 Å². The van der Waals surface area contributed by atoms with Gasteiger partial charge in [0.05, 0.1) is 6.10 Å². The molecule has 17 heavy (non-hydrogen) atoms. The molecule has 0 radical (unpaired) electrons. The van der Waals surface area contributed by atoms with Crippen LogP contribution in [0.25, 0.3) is 0 Å². The predicted octanol–water partition coefficient (Wildman–Crippen LogP) is 2.59. The molecule has 2 rings (SSSR count). The first-order valence-corrected chi connectivity index (χ1v) is 6.38. The summed E-state index contributed by atoms with van der Waals surface area (Å²) in [6.45, 7) is 4.99. The third-order valence-corrected chi connectivity index (χ3v) is 3.12. The minimum atomic E-state index is -0.318. The van der Waals surface area contributed by atoms with Gasteiger partial charge in [-0.15, -0.1) is 0 Å². The molecule has 1 fully saturated rings. The van der Waals surface area contributed by atoms with E-state index >= 15 is 0 Å². The Hall–Kier alpha value is -1.12. The molecule has 1 atom stereocenters. The van der Waals surface area contributed by atoms with Crippen LogP contribution >= 0.6 is 0 Å². The molecule has 0 bridgehead atoms. The van der Waals surface area contributed by atoms with E-state index in [9.17, 15) is 5.11 Å². The van der Waals surface area contributed by atoms with Gasteiger partial charge in [-0.1, -0.05) is 42.0 Å². The monoisotopic (exact) mass is 231 g/mol. The normalized spacial score (nSPS) is 21.6. The van der Waals surface area contributed by atoms with Crippen molar-refractivity contribution in [2.45, 2.75) is 32.4 Å². The SMILES string of the molecule is CC(O)/C=C1/CCCN(Cc2ccccc2)C1. The maximum absolute atomic E-state index is 9.39. The van der Waals surface area contributed by atoms with Crippen molar-refractivity contribution < 1.29 is 5.11 Å². The van der Waals surface area contributed by atoms with Crippen molar-refractivity contribution in [3.05, 3.63) is 47.5 Å². The van der Waals surface area contributed by atoms with Crippen LogP contribution < -0.4 is 0 Å². The first-order chi connectivity index (χ1) is 8.24. The zero-order valence-corrected chi connectivity index (χ0v) is 10.5. The molecule has 0 aliphatic carbocycles. The number of aliphatic hydroxyl groups excluding tert-OH is 1. The van der Waals surface area contributed by atoms with Crippen LogP contribution in [0.15, 0.2) is 42.0 Å². The summed E-state index contributed by atoms with van der Waals surface area (Å²) in [6.07, 6.45) is 4.01. The highest BCUT2D eigenvalue weighted by atomic mass is 16.3. The van der Waals surface area contributed by atoms with E-state index in [4.69, 9.17) is 0 Å². The number of benzene rings is 1. The Morgan fingerprint density at radius 2 is 2.12 bits per heavy atom. The van der Waals surface area contributed by atoms with E-state index in [0.29, 0.717) is 0 Å². The predicted molar refractivity (Wildman–Crippen MR) is 70.7 cm³/mol. The van der Waals surface area contributed by atoms with Crippen LogP contribution in [-0.2, 0) is 6.54 Å². The molecule has 1 aliphatic rings. The molecular weight excluding hydrogens is 210 g/mol.